The number of carbonyl (C=O) groups is 4. The SMILES string of the molecule is COCC(=O)OCOC(=O)[C@H](O)C[C@@H](Cc1ccc(-c2cccc(Cl)c2)cc1)NC(=O)C(=O)OC(C)(C)C. The average Bonchev–Trinajstić information content (AvgIpc) is 2.83. The highest BCUT2D eigenvalue weighted by Crippen LogP contribution is 2.23. The summed E-state index contributed by atoms with van der Waals surface area (Å²) in [5.41, 5.74) is 1.71. The minimum atomic E-state index is -1.68. The topological polar surface area (TPSA) is 137 Å². The first-order chi connectivity index (χ1) is 17.9. The number of hydrogen-bond donors (Lipinski definition) is 2. The number of benzene rings is 2. The molecule has 2 rings (SSSR count). The van der Waals surface area contributed by atoms with E-state index < -0.39 is 48.4 Å². The second-order valence-corrected chi connectivity index (χ2v) is 9.80. The lowest BCUT2D eigenvalue weighted by Crippen LogP contribution is -2.45. The molecule has 38 heavy (non-hydrogen) atoms. The lowest BCUT2D eigenvalue weighted by atomic mass is 9.98. The number of hydrogen-bond acceptors (Lipinski definition) is 9. The summed E-state index contributed by atoms with van der Waals surface area (Å²) in [7, 11) is 1.30. The highest BCUT2D eigenvalue weighted by molar-refractivity contribution is 6.32. The number of esters is 3. The van der Waals surface area contributed by atoms with Crippen molar-refractivity contribution in [2.45, 2.75) is 51.4 Å². The van der Waals surface area contributed by atoms with Crippen LogP contribution in [0.5, 0.6) is 0 Å². The maximum absolute atomic E-state index is 12.5. The maximum atomic E-state index is 12.5. The van der Waals surface area contributed by atoms with Crippen molar-refractivity contribution in [1.29, 1.82) is 0 Å². The Morgan fingerprint density at radius 1 is 1.00 bits per heavy atom. The molecule has 0 aliphatic rings. The fraction of sp³-hybridized carbons (Fsp3) is 0.407. The van der Waals surface area contributed by atoms with E-state index >= 15 is 0 Å². The number of aliphatic hydroxyl groups excluding tert-OH is 1. The minimum Gasteiger partial charge on any atom is -0.453 e. The van der Waals surface area contributed by atoms with Crippen LogP contribution in [0.1, 0.15) is 32.8 Å². The maximum Gasteiger partial charge on any atom is 0.397 e. The van der Waals surface area contributed by atoms with Crippen LogP contribution in [0.15, 0.2) is 48.5 Å². The minimum absolute atomic E-state index is 0.178. The van der Waals surface area contributed by atoms with E-state index in [-0.39, 0.29) is 19.4 Å². The molecule has 2 atom stereocenters. The highest BCUT2D eigenvalue weighted by Gasteiger charge is 2.28. The van der Waals surface area contributed by atoms with Crippen molar-refractivity contribution in [3.63, 3.8) is 0 Å². The van der Waals surface area contributed by atoms with Gasteiger partial charge < -0.3 is 29.4 Å². The lowest BCUT2D eigenvalue weighted by molar-refractivity contribution is -0.175. The first kappa shape index (κ1) is 30.8. The number of aliphatic hydroxyl groups is 1. The fourth-order valence-corrected chi connectivity index (χ4v) is 3.51. The molecule has 10 nitrogen and oxygen atoms in total. The number of rotatable bonds is 11. The van der Waals surface area contributed by atoms with Gasteiger partial charge in [0.15, 0.2) is 6.10 Å². The van der Waals surface area contributed by atoms with Crippen LogP contribution >= 0.6 is 11.6 Å². The van der Waals surface area contributed by atoms with E-state index in [1.54, 1.807) is 26.8 Å². The Balaban J connectivity index is 2.10. The molecule has 206 valence electrons. The van der Waals surface area contributed by atoms with Gasteiger partial charge in [-0.05, 0) is 56.0 Å². The van der Waals surface area contributed by atoms with Crippen LogP contribution in [-0.4, -0.2) is 67.2 Å². The Kier molecular flexibility index (Phi) is 11.7. The van der Waals surface area contributed by atoms with Gasteiger partial charge >= 0.3 is 23.8 Å². The van der Waals surface area contributed by atoms with Gasteiger partial charge in [0.2, 0.25) is 6.79 Å². The van der Waals surface area contributed by atoms with Crippen LogP contribution in [0.4, 0.5) is 0 Å². The summed E-state index contributed by atoms with van der Waals surface area (Å²) in [5.74, 6) is -3.93. The Labute approximate surface area is 226 Å². The molecule has 0 fully saturated rings. The molecule has 0 aliphatic heterocycles. The Hall–Kier alpha value is -3.47. The molecule has 0 aliphatic carbocycles. The van der Waals surface area contributed by atoms with E-state index in [4.69, 9.17) is 21.1 Å². The Morgan fingerprint density at radius 2 is 1.68 bits per heavy atom. The van der Waals surface area contributed by atoms with Crippen molar-refractivity contribution in [2.75, 3.05) is 20.5 Å². The van der Waals surface area contributed by atoms with Crippen LogP contribution in [0.25, 0.3) is 11.1 Å². The molecular formula is C27H32ClNO9. The fourth-order valence-electron chi connectivity index (χ4n) is 3.32. The summed E-state index contributed by atoms with van der Waals surface area (Å²) in [6.07, 6.45) is -1.78. The van der Waals surface area contributed by atoms with Crippen molar-refractivity contribution in [1.82, 2.24) is 5.32 Å². The van der Waals surface area contributed by atoms with E-state index in [2.05, 4.69) is 14.8 Å². The summed E-state index contributed by atoms with van der Waals surface area (Å²) in [6.45, 7) is 3.83. The van der Waals surface area contributed by atoms with Crippen molar-refractivity contribution in [2.24, 2.45) is 0 Å². The van der Waals surface area contributed by atoms with Crippen molar-refractivity contribution >= 4 is 35.4 Å². The summed E-state index contributed by atoms with van der Waals surface area (Å²) >= 11 is 6.07. The van der Waals surface area contributed by atoms with E-state index in [0.717, 1.165) is 16.7 Å². The number of halogens is 1. The smallest absolute Gasteiger partial charge is 0.397 e. The predicted molar refractivity (Wildman–Crippen MR) is 138 cm³/mol. The van der Waals surface area contributed by atoms with Gasteiger partial charge in [0.1, 0.15) is 12.2 Å². The number of amides is 1. The van der Waals surface area contributed by atoms with Gasteiger partial charge in [-0.2, -0.15) is 0 Å². The number of nitrogens with one attached hydrogen (secondary N) is 1. The largest absolute Gasteiger partial charge is 0.453 e. The van der Waals surface area contributed by atoms with Gasteiger partial charge in [-0.25, -0.2) is 14.4 Å². The molecule has 2 N–H and O–H groups in total. The summed E-state index contributed by atoms with van der Waals surface area (Å²) in [6, 6.07) is 13.9. The van der Waals surface area contributed by atoms with Crippen molar-refractivity contribution < 1.29 is 43.2 Å². The quantitative estimate of drug-likeness (QED) is 0.246. The van der Waals surface area contributed by atoms with E-state index in [9.17, 15) is 24.3 Å². The zero-order valence-electron chi connectivity index (χ0n) is 21.7. The third-order valence-electron chi connectivity index (χ3n) is 4.98. The third kappa shape index (κ3) is 10.9. The second kappa shape index (κ2) is 14.5. The molecule has 11 heteroatoms. The first-order valence-corrected chi connectivity index (χ1v) is 12.1. The molecule has 0 saturated carbocycles. The molecule has 2 aromatic carbocycles. The summed E-state index contributed by atoms with van der Waals surface area (Å²) in [5, 5.41) is 13.5. The van der Waals surface area contributed by atoms with Gasteiger partial charge in [0, 0.05) is 24.6 Å². The molecule has 0 unspecified atom stereocenters. The molecular weight excluding hydrogens is 518 g/mol. The number of carbonyl (C=O) groups excluding carboxylic acids is 4. The van der Waals surface area contributed by atoms with Gasteiger partial charge in [-0.15, -0.1) is 0 Å². The standard InChI is InChI=1S/C27H32ClNO9/c1-27(2,3)38-26(34)24(32)29-21(14-22(30)25(33)37-16-36-23(31)15-35-4)12-17-8-10-18(11-9-17)19-6-5-7-20(28)13-19/h5-11,13,21-22,30H,12,14-16H2,1-4H3,(H,29,32)/t21-,22-/m1/s1. The normalized spacial score (nSPS) is 12.7. The zero-order chi connectivity index (χ0) is 28.3. The summed E-state index contributed by atoms with van der Waals surface area (Å²) in [4.78, 5) is 48.2. The van der Waals surface area contributed by atoms with Crippen LogP contribution in [0, 0.1) is 0 Å². The van der Waals surface area contributed by atoms with Gasteiger partial charge in [0.25, 0.3) is 0 Å². The first-order valence-electron chi connectivity index (χ1n) is 11.8. The van der Waals surface area contributed by atoms with Gasteiger partial charge in [-0.3, -0.25) is 4.79 Å². The molecule has 0 bridgehead atoms. The second-order valence-electron chi connectivity index (χ2n) is 9.37. The van der Waals surface area contributed by atoms with Crippen LogP contribution in [0.2, 0.25) is 5.02 Å². The molecule has 0 aromatic heterocycles. The molecule has 0 spiro atoms. The van der Waals surface area contributed by atoms with Gasteiger partial charge in [-0.1, -0.05) is 48.0 Å². The molecule has 2 aromatic rings. The van der Waals surface area contributed by atoms with Crippen molar-refractivity contribution in [3.8, 4) is 11.1 Å². The Bertz CT molecular complexity index is 1110. The van der Waals surface area contributed by atoms with Gasteiger partial charge in [0.05, 0.1) is 0 Å². The molecule has 0 heterocycles. The lowest BCUT2D eigenvalue weighted by Gasteiger charge is -2.23. The van der Waals surface area contributed by atoms with Crippen LogP contribution in [0.3, 0.4) is 0 Å². The van der Waals surface area contributed by atoms with E-state index in [0.29, 0.717) is 5.02 Å². The average molecular weight is 550 g/mol. The summed E-state index contributed by atoms with van der Waals surface area (Å²) < 4.78 is 19.1. The van der Waals surface area contributed by atoms with Crippen LogP contribution < -0.4 is 5.32 Å². The molecule has 1 amide bonds. The predicted octanol–water partition coefficient (Wildman–Crippen LogP) is 2.82. The van der Waals surface area contributed by atoms with Crippen LogP contribution in [-0.2, 0) is 44.5 Å². The molecule has 0 saturated heterocycles. The number of ether oxygens (including phenoxy) is 4. The Morgan fingerprint density at radius 3 is 2.29 bits per heavy atom. The van der Waals surface area contributed by atoms with E-state index in [1.807, 2.05) is 42.5 Å². The zero-order valence-corrected chi connectivity index (χ0v) is 22.4. The molecule has 0 radical (unpaired) electrons. The number of methoxy groups -OCH3 is 1. The van der Waals surface area contributed by atoms with E-state index in [1.165, 1.54) is 7.11 Å². The third-order valence-corrected chi connectivity index (χ3v) is 5.21. The highest BCUT2D eigenvalue weighted by atomic mass is 35.5. The monoisotopic (exact) mass is 549 g/mol. The van der Waals surface area contributed by atoms with Crippen molar-refractivity contribution in [3.05, 3.63) is 59.1 Å².